The van der Waals surface area contributed by atoms with Crippen molar-refractivity contribution in [3.8, 4) is 0 Å². The molecule has 0 aliphatic rings. The minimum Gasteiger partial charge on any atom is -0.326 e. The maximum atomic E-state index is 13.0. The Hall–Kier alpha value is -2.16. The van der Waals surface area contributed by atoms with Gasteiger partial charge in [-0.15, -0.1) is 0 Å². The van der Waals surface area contributed by atoms with Crippen LogP contribution in [0.3, 0.4) is 0 Å². The molecule has 0 aromatic heterocycles. The Morgan fingerprint density at radius 2 is 1.61 bits per heavy atom. The Labute approximate surface area is 106 Å². The van der Waals surface area contributed by atoms with Crippen LogP contribution in [0.4, 0.5) is 4.39 Å². The summed E-state index contributed by atoms with van der Waals surface area (Å²) in [5, 5.41) is 0. The predicted molar refractivity (Wildman–Crippen MR) is 67.8 cm³/mol. The third kappa shape index (κ3) is 3.42. The summed E-state index contributed by atoms with van der Waals surface area (Å²) in [6.45, 7) is 0.830. The van der Waals surface area contributed by atoms with Crippen molar-refractivity contribution in [2.24, 2.45) is 0 Å². The second-order valence-electron chi connectivity index (χ2n) is 4.06. The number of hydrogen-bond donors (Lipinski definition) is 0. The van der Waals surface area contributed by atoms with Crippen molar-refractivity contribution in [1.29, 1.82) is 0 Å². The first-order valence-corrected chi connectivity index (χ1v) is 5.69. The third-order valence-corrected chi connectivity index (χ3v) is 2.61. The molecule has 2 aromatic rings. The quantitative estimate of drug-likeness (QED) is 0.738. The van der Waals surface area contributed by atoms with Gasteiger partial charge >= 0.3 is 6.41 Å². The van der Waals surface area contributed by atoms with Gasteiger partial charge in [-0.2, -0.15) is 0 Å². The molecule has 0 spiro atoms. The first kappa shape index (κ1) is 12.3. The highest BCUT2D eigenvalue weighted by Gasteiger charge is 2.05. The largest absolute Gasteiger partial charge is 0.326 e. The Morgan fingerprint density at radius 3 is 2.28 bits per heavy atom. The van der Waals surface area contributed by atoms with Crippen LogP contribution in [0.5, 0.6) is 0 Å². The molecule has 91 valence electrons. The van der Waals surface area contributed by atoms with Crippen LogP contribution in [0.1, 0.15) is 11.1 Å². The van der Waals surface area contributed by atoms with Crippen LogP contribution >= 0.6 is 0 Å². The number of nitrogens with zero attached hydrogens (tertiary/aromatic N) is 1. The smallest absolute Gasteiger partial charge is 0.312 e. The predicted octanol–water partition coefficient (Wildman–Crippen LogP) is 2.90. The first-order valence-electron chi connectivity index (χ1n) is 5.69. The maximum absolute atomic E-state index is 13.0. The molecule has 0 aliphatic heterocycles. The summed E-state index contributed by atoms with van der Waals surface area (Å²) in [6, 6.07) is 15.9. The van der Waals surface area contributed by atoms with Gasteiger partial charge in [-0.05, 0) is 23.3 Å². The van der Waals surface area contributed by atoms with Gasteiger partial charge in [0.05, 0.1) is 0 Å². The highest BCUT2D eigenvalue weighted by molar-refractivity contribution is 5.48. The molecule has 2 rings (SSSR count). The van der Waals surface area contributed by atoms with Gasteiger partial charge < -0.3 is 4.90 Å². The lowest BCUT2D eigenvalue weighted by Gasteiger charge is -2.16. The van der Waals surface area contributed by atoms with Gasteiger partial charge in [0, 0.05) is 13.1 Å². The number of carbonyl (C=O) groups excluding carboxylic acids is 1. The van der Waals surface area contributed by atoms with Crippen LogP contribution in [0, 0.1) is 5.82 Å². The van der Waals surface area contributed by atoms with Crippen LogP contribution in [-0.4, -0.2) is 11.3 Å². The van der Waals surface area contributed by atoms with E-state index < -0.39 is 0 Å². The highest BCUT2D eigenvalue weighted by atomic mass is 19.1. The Morgan fingerprint density at radius 1 is 0.944 bits per heavy atom. The molecule has 2 nitrogen and oxygen atoms in total. The summed E-state index contributed by atoms with van der Waals surface area (Å²) in [6.07, 6.45) is 1.88. The monoisotopic (exact) mass is 242 g/mol. The SMILES string of the molecule is O=[C]N(Cc1ccccc1)Cc1cccc(F)c1. The first-order chi connectivity index (χ1) is 8.78. The van der Waals surface area contributed by atoms with E-state index in [0.717, 1.165) is 11.1 Å². The fraction of sp³-hybridized carbons (Fsp3) is 0.133. The van der Waals surface area contributed by atoms with Crippen molar-refractivity contribution < 1.29 is 9.18 Å². The van der Waals surface area contributed by atoms with Crippen molar-refractivity contribution in [2.45, 2.75) is 13.1 Å². The summed E-state index contributed by atoms with van der Waals surface area (Å²) < 4.78 is 13.0. The van der Waals surface area contributed by atoms with Gasteiger partial charge in [-0.1, -0.05) is 42.5 Å². The molecule has 0 fully saturated rings. The number of hydrogen-bond acceptors (Lipinski definition) is 1. The average Bonchev–Trinajstić information content (AvgIpc) is 2.39. The van der Waals surface area contributed by atoms with Crippen molar-refractivity contribution in [3.05, 3.63) is 71.5 Å². The molecule has 0 saturated carbocycles. The standard InChI is InChI=1S/C15H13FNO/c16-15-8-4-7-14(9-15)11-17(12-18)10-13-5-2-1-3-6-13/h1-9H,10-11H2. The second-order valence-corrected chi connectivity index (χ2v) is 4.06. The van der Waals surface area contributed by atoms with E-state index in [1.165, 1.54) is 17.0 Å². The summed E-state index contributed by atoms with van der Waals surface area (Å²) in [5.41, 5.74) is 1.78. The Bertz CT molecular complexity index is 513. The minimum absolute atomic E-state index is 0.293. The zero-order chi connectivity index (χ0) is 12.8. The van der Waals surface area contributed by atoms with Gasteiger partial charge in [0.25, 0.3) is 0 Å². The topological polar surface area (TPSA) is 20.3 Å². The number of rotatable bonds is 5. The van der Waals surface area contributed by atoms with E-state index in [1.54, 1.807) is 12.1 Å². The molecule has 1 amide bonds. The lowest BCUT2D eigenvalue weighted by Crippen LogP contribution is -2.20. The second kappa shape index (κ2) is 5.96. The molecule has 1 radical (unpaired) electrons. The number of halogens is 1. The Kier molecular flexibility index (Phi) is 4.07. The highest BCUT2D eigenvalue weighted by Crippen LogP contribution is 2.09. The molecule has 3 heteroatoms. The van der Waals surface area contributed by atoms with Gasteiger partial charge in [0.15, 0.2) is 0 Å². The van der Waals surface area contributed by atoms with Gasteiger partial charge in [0.2, 0.25) is 0 Å². The fourth-order valence-corrected chi connectivity index (χ4v) is 1.78. The molecule has 0 atom stereocenters. The number of benzene rings is 2. The van der Waals surface area contributed by atoms with Crippen LogP contribution in [0.2, 0.25) is 0 Å². The molecular weight excluding hydrogens is 229 g/mol. The van der Waals surface area contributed by atoms with Crippen LogP contribution in [0.15, 0.2) is 54.6 Å². The van der Waals surface area contributed by atoms with E-state index in [9.17, 15) is 9.18 Å². The van der Waals surface area contributed by atoms with Crippen molar-refractivity contribution in [2.75, 3.05) is 0 Å². The van der Waals surface area contributed by atoms with E-state index in [4.69, 9.17) is 0 Å². The zero-order valence-electron chi connectivity index (χ0n) is 9.84. The van der Waals surface area contributed by atoms with Crippen molar-refractivity contribution in [3.63, 3.8) is 0 Å². The molecule has 18 heavy (non-hydrogen) atoms. The van der Waals surface area contributed by atoms with Gasteiger partial charge in [-0.3, -0.25) is 4.79 Å². The van der Waals surface area contributed by atoms with Gasteiger partial charge in [-0.25, -0.2) is 4.39 Å². The summed E-state index contributed by atoms with van der Waals surface area (Å²) in [4.78, 5) is 12.4. The molecule has 0 bridgehead atoms. The molecule has 0 unspecified atom stereocenters. The minimum atomic E-state index is -0.293. The fourth-order valence-electron chi connectivity index (χ4n) is 1.78. The average molecular weight is 242 g/mol. The maximum Gasteiger partial charge on any atom is 0.312 e. The van der Waals surface area contributed by atoms with E-state index in [-0.39, 0.29) is 5.82 Å². The molecule has 2 aromatic carbocycles. The summed E-state index contributed by atoms with van der Waals surface area (Å²) in [5.74, 6) is -0.293. The summed E-state index contributed by atoms with van der Waals surface area (Å²) >= 11 is 0. The molecule has 0 aliphatic carbocycles. The lowest BCUT2D eigenvalue weighted by atomic mass is 10.2. The van der Waals surface area contributed by atoms with Crippen molar-refractivity contribution >= 4 is 6.41 Å². The Balaban J connectivity index is 2.04. The summed E-state index contributed by atoms with van der Waals surface area (Å²) in [7, 11) is 0. The van der Waals surface area contributed by atoms with Crippen LogP contribution < -0.4 is 0 Å². The van der Waals surface area contributed by atoms with E-state index in [1.807, 2.05) is 36.7 Å². The molecule has 0 heterocycles. The normalized spacial score (nSPS) is 10.1. The molecule has 0 saturated heterocycles. The van der Waals surface area contributed by atoms with Gasteiger partial charge in [0.1, 0.15) is 5.82 Å². The zero-order valence-corrected chi connectivity index (χ0v) is 9.84. The number of amides is 1. The van der Waals surface area contributed by atoms with E-state index >= 15 is 0 Å². The van der Waals surface area contributed by atoms with Crippen molar-refractivity contribution in [1.82, 2.24) is 4.90 Å². The third-order valence-electron chi connectivity index (χ3n) is 2.61. The van der Waals surface area contributed by atoms with E-state index in [0.29, 0.717) is 13.1 Å². The molecular formula is C15H13FNO. The van der Waals surface area contributed by atoms with E-state index in [2.05, 4.69) is 0 Å². The van der Waals surface area contributed by atoms with Crippen LogP contribution in [-0.2, 0) is 17.9 Å². The van der Waals surface area contributed by atoms with Crippen LogP contribution in [0.25, 0.3) is 0 Å². The molecule has 0 N–H and O–H groups in total. The lowest BCUT2D eigenvalue weighted by molar-refractivity contribution is 0.367.